The minimum atomic E-state index is -0.0456. The summed E-state index contributed by atoms with van der Waals surface area (Å²) < 4.78 is 0. The number of nitrogens with one attached hydrogen (secondary N) is 2. The van der Waals surface area contributed by atoms with Gasteiger partial charge in [0, 0.05) is 24.6 Å². The molecule has 0 spiro atoms. The molecule has 1 aliphatic rings. The van der Waals surface area contributed by atoms with Crippen molar-refractivity contribution in [3.63, 3.8) is 0 Å². The molecule has 0 atom stereocenters. The molecule has 0 bridgehead atoms. The topological polar surface area (TPSA) is 53.1 Å². The highest BCUT2D eigenvalue weighted by Gasteiger charge is 2.21. The van der Waals surface area contributed by atoms with Crippen molar-refractivity contribution in [2.45, 2.75) is 45.1 Å². The van der Waals surface area contributed by atoms with E-state index in [0.717, 1.165) is 30.5 Å². The van der Waals surface area contributed by atoms with Gasteiger partial charge < -0.3 is 15.5 Å². The Morgan fingerprint density at radius 1 is 1.15 bits per heavy atom. The van der Waals surface area contributed by atoms with E-state index in [1.54, 1.807) is 0 Å². The SMILES string of the molecule is CNc1cc(NC2CCN(C)CC2)nc(C(C)(C)C)n1. The summed E-state index contributed by atoms with van der Waals surface area (Å²) in [7, 11) is 4.08. The van der Waals surface area contributed by atoms with Crippen molar-refractivity contribution in [3.8, 4) is 0 Å². The van der Waals surface area contributed by atoms with Crippen LogP contribution in [0.5, 0.6) is 0 Å². The molecule has 2 N–H and O–H groups in total. The molecular weight excluding hydrogens is 250 g/mol. The van der Waals surface area contributed by atoms with Crippen molar-refractivity contribution in [2.24, 2.45) is 0 Å². The van der Waals surface area contributed by atoms with Gasteiger partial charge in [-0.15, -0.1) is 0 Å². The fraction of sp³-hybridized carbons (Fsp3) is 0.733. The first-order chi connectivity index (χ1) is 9.38. The summed E-state index contributed by atoms with van der Waals surface area (Å²) in [4.78, 5) is 11.6. The van der Waals surface area contributed by atoms with E-state index in [0.29, 0.717) is 6.04 Å². The van der Waals surface area contributed by atoms with Crippen molar-refractivity contribution in [1.29, 1.82) is 0 Å². The summed E-state index contributed by atoms with van der Waals surface area (Å²) >= 11 is 0. The Labute approximate surface area is 122 Å². The molecule has 0 saturated carbocycles. The van der Waals surface area contributed by atoms with Crippen LogP contribution < -0.4 is 10.6 Å². The molecule has 1 aliphatic heterocycles. The number of hydrogen-bond donors (Lipinski definition) is 2. The minimum Gasteiger partial charge on any atom is -0.373 e. The minimum absolute atomic E-state index is 0.0456. The predicted molar refractivity (Wildman–Crippen MR) is 84.4 cm³/mol. The van der Waals surface area contributed by atoms with Crippen molar-refractivity contribution in [2.75, 3.05) is 37.8 Å². The second-order valence-electron chi connectivity index (χ2n) is 6.68. The lowest BCUT2D eigenvalue weighted by Gasteiger charge is -2.30. The van der Waals surface area contributed by atoms with Crippen LogP contribution in [0.3, 0.4) is 0 Å². The van der Waals surface area contributed by atoms with Crippen LogP contribution in [-0.4, -0.2) is 48.1 Å². The Kier molecular flexibility index (Phi) is 4.48. The van der Waals surface area contributed by atoms with E-state index >= 15 is 0 Å². The molecule has 1 aromatic heterocycles. The third kappa shape index (κ3) is 3.82. The number of nitrogens with zero attached hydrogens (tertiary/aromatic N) is 3. The van der Waals surface area contributed by atoms with Gasteiger partial charge >= 0.3 is 0 Å². The molecule has 2 heterocycles. The first-order valence-electron chi connectivity index (χ1n) is 7.41. The van der Waals surface area contributed by atoms with Crippen LogP contribution >= 0.6 is 0 Å². The summed E-state index contributed by atoms with van der Waals surface area (Å²) in [5, 5.41) is 6.70. The molecule has 112 valence electrons. The number of anilines is 2. The molecule has 5 heteroatoms. The number of piperidine rings is 1. The van der Waals surface area contributed by atoms with Crippen LogP contribution in [0.15, 0.2) is 6.07 Å². The molecule has 5 nitrogen and oxygen atoms in total. The van der Waals surface area contributed by atoms with E-state index in [1.165, 1.54) is 12.8 Å². The van der Waals surface area contributed by atoms with Crippen LogP contribution in [0.25, 0.3) is 0 Å². The summed E-state index contributed by atoms with van der Waals surface area (Å²) in [6.45, 7) is 8.71. The summed E-state index contributed by atoms with van der Waals surface area (Å²) in [6, 6.07) is 2.51. The highest BCUT2D eigenvalue weighted by molar-refractivity contribution is 5.48. The summed E-state index contributed by atoms with van der Waals surface area (Å²) in [6.07, 6.45) is 2.33. The van der Waals surface area contributed by atoms with Gasteiger partial charge in [0.15, 0.2) is 0 Å². The zero-order valence-corrected chi connectivity index (χ0v) is 13.3. The molecule has 1 saturated heterocycles. The summed E-state index contributed by atoms with van der Waals surface area (Å²) in [5.74, 6) is 2.68. The van der Waals surface area contributed by atoms with E-state index in [9.17, 15) is 0 Å². The predicted octanol–water partition coefficient (Wildman–Crippen LogP) is 2.32. The Hall–Kier alpha value is -1.36. The molecule has 0 aromatic carbocycles. The Balaban J connectivity index is 2.14. The first-order valence-corrected chi connectivity index (χ1v) is 7.41. The van der Waals surface area contributed by atoms with Crippen LogP contribution in [0.2, 0.25) is 0 Å². The highest BCUT2D eigenvalue weighted by Crippen LogP contribution is 2.23. The average molecular weight is 277 g/mol. The Morgan fingerprint density at radius 3 is 2.30 bits per heavy atom. The van der Waals surface area contributed by atoms with Gasteiger partial charge in [-0.05, 0) is 33.0 Å². The molecule has 2 rings (SSSR count). The van der Waals surface area contributed by atoms with Gasteiger partial charge in [-0.2, -0.15) is 0 Å². The third-order valence-electron chi connectivity index (χ3n) is 3.72. The molecule has 1 aromatic rings. The van der Waals surface area contributed by atoms with Crippen LogP contribution in [0.1, 0.15) is 39.4 Å². The van der Waals surface area contributed by atoms with Crippen LogP contribution in [0, 0.1) is 0 Å². The molecule has 0 amide bonds. The summed E-state index contributed by atoms with van der Waals surface area (Å²) in [5.41, 5.74) is -0.0456. The quantitative estimate of drug-likeness (QED) is 0.888. The standard InChI is InChI=1S/C15H27N5/c1-15(2,3)14-18-12(16-4)10-13(19-14)17-11-6-8-20(5)9-7-11/h10-11H,6-9H2,1-5H3,(H2,16,17,18,19). The largest absolute Gasteiger partial charge is 0.373 e. The van der Waals surface area contributed by atoms with Crippen molar-refractivity contribution < 1.29 is 0 Å². The molecular formula is C15H27N5. The lowest BCUT2D eigenvalue weighted by molar-refractivity contribution is 0.263. The van der Waals surface area contributed by atoms with Gasteiger partial charge in [0.1, 0.15) is 17.5 Å². The van der Waals surface area contributed by atoms with Gasteiger partial charge in [0.05, 0.1) is 0 Å². The van der Waals surface area contributed by atoms with Crippen LogP contribution in [0.4, 0.5) is 11.6 Å². The fourth-order valence-electron chi connectivity index (χ4n) is 2.35. The molecule has 0 aliphatic carbocycles. The van der Waals surface area contributed by atoms with Gasteiger partial charge in [-0.3, -0.25) is 0 Å². The van der Waals surface area contributed by atoms with Crippen molar-refractivity contribution in [1.82, 2.24) is 14.9 Å². The fourth-order valence-corrected chi connectivity index (χ4v) is 2.35. The average Bonchev–Trinajstić information content (AvgIpc) is 2.40. The number of hydrogen-bond acceptors (Lipinski definition) is 5. The highest BCUT2D eigenvalue weighted by atomic mass is 15.1. The Morgan fingerprint density at radius 2 is 1.75 bits per heavy atom. The van der Waals surface area contributed by atoms with E-state index in [4.69, 9.17) is 0 Å². The number of rotatable bonds is 3. The first kappa shape index (κ1) is 15.0. The van der Waals surface area contributed by atoms with E-state index in [-0.39, 0.29) is 5.41 Å². The van der Waals surface area contributed by atoms with E-state index in [2.05, 4.69) is 53.3 Å². The van der Waals surface area contributed by atoms with Gasteiger partial charge in [-0.25, -0.2) is 9.97 Å². The lowest BCUT2D eigenvalue weighted by atomic mass is 9.95. The monoisotopic (exact) mass is 277 g/mol. The van der Waals surface area contributed by atoms with E-state index < -0.39 is 0 Å². The van der Waals surface area contributed by atoms with Gasteiger partial charge in [0.2, 0.25) is 0 Å². The second-order valence-corrected chi connectivity index (χ2v) is 6.68. The zero-order valence-electron chi connectivity index (χ0n) is 13.3. The molecule has 0 radical (unpaired) electrons. The van der Waals surface area contributed by atoms with E-state index in [1.807, 2.05) is 13.1 Å². The second kappa shape index (κ2) is 5.95. The number of likely N-dealkylation sites (tertiary alicyclic amines) is 1. The maximum atomic E-state index is 4.69. The van der Waals surface area contributed by atoms with Crippen molar-refractivity contribution in [3.05, 3.63) is 11.9 Å². The normalized spacial score (nSPS) is 18.1. The smallest absolute Gasteiger partial charge is 0.138 e. The number of aromatic nitrogens is 2. The Bertz CT molecular complexity index is 444. The van der Waals surface area contributed by atoms with Gasteiger partial charge in [-0.1, -0.05) is 20.8 Å². The maximum Gasteiger partial charge on any atom is 0.138 e. The van der Waals surface area contributed by atoms with Crippen LogP contribution in [-0.2, 0) is 5.41 Å². The third-order valence-corrected chi connectivity index (χ3v) is 3.72. The zero-order chi connectivity index (χ0) is 14.8. The molecule has 20 heavy (non-hydrogen) atoms. The lowest BCUT2D eigenvalue weighted by Crippen LogP contribution is -2.37. The molecule has 1 fully saturated rings. The molecule has 0 unspecified atom stereocenters. The maximum absolute atomic E-state index is 4.69. The van der Waals surface area contributed by atoms with Gasteiger partial charge in [0.25, 0.3) is 0 Å². The van der Waals surface area contributed by atoms with Crippen molar-refractivity contribution >= 4 is 11.6 Å².